The molecule has 4 nitrogen and oxygen atoms in total. The molecule has 0 bridgehead atoms. The maximum absolute atomic E-state index is 6.08. The molecule has 0 aromatic carbocycles. The van der Waals surface area contributed by atoms with E-state index in [1.807, 2.05) is 31.1 Å². The summed E-state index contributed by atoms with van der Waals surface area (Å²) >= 11 is 0. The van der Waals surface area contributed by atoms with Crippen molar-refractivity contribution in [3.8, 4) is 0 Å². The lowest BCUT2D eigenvalue weighted by atomic mass is 9.97. The lowest BCUT2D eigenvalue weighted by Crippen LogP contribution is -2.52. The molecule has 13 heavy (non-hydrogen) atoms. The van der Waals surface area contributed by atoms with E-state index >= 15 is 0 Å². The quantitative estimate of drug-likeness (QED) is 0.590. The molecule has 0 aromatic heterocycles. The Balaban J connectivity index is 2.86. The molecule has 0 heterocycles. The summed E-state index contributed by atoms with van der Waals surface area (Å²) in [5.74, 6) is 0.711. The van der Waals surface area contributed by atoms with Crippen LogP contribution in [0.3, 0.4) is 0 Å². The summed E-state index contributed by atoms with van der Waals surface area (Å²) < 4.78 is 5.07. The third kappa shape index (κ3) is 1.84. The Kier molecular flexibility index (Phi) is 2.63. The minimum Gasteiger partial charge on any atom is -0.495 e. The lowest BCUT2D eigenvalue weighted by Gasteiger charge is -2.35. The van der Waals surface area contributed by atoms with Crippen LogP contribution in [-0.4, -0.2) is 31.8 Å². The highest BCUT2D eigenvalue weighted by molar-refractivity contribution is 5.29. The van der Waals surface area contributed by atoms with Gasteiger partial charge in [0.05, 0.1) is 18.5 Å². The van der Waals surface area contributed by atoms with Crippen LogP contribution >= 0.6 is 0 Å². The van der Waals surface area contributed by atoms with Crippen molar-refractivity contribution < 1.29 is 4.74 Å². The van der Waals surface area contributed by atoms with Crippen LogP contribution in [0, 0.1) is 0 Å². The largest absolute Gasteiger partial charge is 0.495 e. The predicted octanol–water partition coefficient (Wildman–Crippen LogP) is -0.0204. The van der Waals surface area contributed by atoms with Gasteiger partial charge in [0.25, 0.3) is 0 Å². The van der Waals surface area contributed by atoms with Gasteiger partial charge in [-0.15, -0.1) is 0 Å². The normalized spacial score (nSPS) is 28.4. The molecule has 1 aliphatic rings. The molecular weight excluding hydrogens is 166 g/mol. The summed E-state index contributed by atoms with van der Waals surface area (Å²) in [6, 6.07) is 0. The van der Waals surface area contributed by atoms with Crippen LogP contribution in [0.5, 0.6) is 0 Å². The molecule has 0 amide bonds. The maximum Gasteiger partial charge on any atom is 0.137 e. The fourth-order valence-corrected chi connectivity index (χ4v) is 1.28. The predicted molar refractivity (Wildman–Crippen MR) is 52.6 cm³/mol. The van der Waals surface area contributed by atoms with E-state index in [1.54, 1.807) is 7.11 Å². The Morgan fingerprint density at radius 1 is 1.54 bits per heavy atom. The summed E-state index contributed by atoms with van der Waals surface area (Å²) in [6.45, 7) is 0. The Bertz CT molecular complexity index is 258. The fraction of sp³-hybridized carbons (Fsp3) is 0.556. The van der Waals surface area contributed by atoms with E-state index in [1.165, 1.54) is 0 Å². The highest BCUT2D eigenvalue weighted by Crippen LogP contribution is 2.23. The zero-order valence-corrected chi connectivity index (χ0v) is 8.37. The molecule has 4 heteroatoms. The Morgan fingerprint density at radius 2 is 2.15 bits per heavy atom. The van der Waals surface area contributed by atoms with Gasteiger partial charge in [-0.2, -0.15) is 0 Å². The molecule has 1 unspecified atom stereocenters. The van der Waals surface area contributed by atoms with E-state index in [0.717, 1.165) is 0 Å². The van der Waals surface area contributed by atoms with Gasteiger partial charge in [0.15, 0.2) is 0 Å². The average Bonchev–Trinajstić information content (AvgIpc) is 2.04. The topological polar surface area (TPSA) is 64.5 Å². The molecule has 0 aliphatic heterocycles. The minimum absolute atomic E-state index is 0.480. The SMILES string of the molecule is COC1=C(N)CC(N)(N(C)C)C=C1. The van der Waals surface area contributed by atoms with Crippen LogP contribution in [0.25, 0.3) is 0 Å². The molecule has 1 rings (SSSR count). The van der Waals surface area contributed by atoms with Crippen molar-refractivity contribution in [2.75, 3.05) is 21.2 Å². The monoisotopic (exact) mass is 183 g/mol. The van der Waals surface area contributed by atoms with Crippen LogP contribution in [0.15, 0.2) is 23.6 Å². The van der Waals surface area contributed by atoms with Crippen molar-refractivity contribution in [1.29, 1.82) is 0 Å². The van der Waals surface area contributed by atoms with Gasteiger partial charge >= 0.3 is 0 Å². The van der Waals surface area contributed by atoms with Crippen molar-refractivity contribution in [3.05, 3.63) is 23.6 Å². The first kappa shape index (κ1) is 10.1. The summed E-state index contributed by atoms with van der Waals surface area (Å²) in [5, 5.41) is 0. The Hall–Kier alpha value is -1.00. The van der Waals surface area contributed by atoms with Crippen LogP contribution in [0.4, 0.5) is 0 Å². The van der Waals surface area contributed by atoms with Gasteiger partial charge in [0.1, 0.15) is 5.76 Å². The van der Waals surface area contributed by atoms with Crippen molar-refractivity contribution in [1.82, 2.24) is 4.90 Å². The fourth-order valence-electron chi connectivity index (χ4n) is 1.28. The van der Waals surface area contributed by atoms with Crippen molar-refractivity contribution >= 4 is 0 Å². The first-order valence-corrected chi connectivity index (χ1v) is 4.18. The molecule has 0 aromatic rings. The molecule has 0 fully saturated rings. The van der Waals surface area contributed by atoms with E-state index in [2.05, 4.69) is 0 Å². The highest BCUT2D eigenvalue weighted by Gasteiger charge is 2.29. The van der Waals surface area contributed by atoms with Gasteiger partial charge in [-0.1, -0.05) is 0 Å². The summed E-state index contributed by atoms with van der Waals surface area (Å²) in [7, 11) is 5.45. The van der Waals surface area contributed by atoms with Crippen LogP contribution in [0.2, 0.25) is 0 Å². The molecule has 4 N–H and O–H groups in total. The van der Waals surface area contributed by atoms with Gasteiger partial charge in [-0.05, 0) is 26.2 Å². The first-order valence-electron chi connectivity index (χ1n) is 4.18. The van der Waals surface area contributed by atoms with Gasteiger partial charge < -0.3 is 16.2 Å². The number of rotatable bonds is 2. The summed E-state index contributed by atoms with van der Waals surface area (Å²) in [6.07, 6.45) is 4.32. The molecule has 0 saturated carbocycles. The summed E-state index contributed by atoms with van der Waals surface area (Å²) in [5.41, 5.74) is 12.1. The van der Waals surface area contributed by atoms with Crippen molar-refractivity contribution in [2.24, 2.45) is 11.5 Å². The maximum atomic E-state index is 6.08. The number of nitrogens with zero attached hydrogens (tertiary/aromatic N) is 1. The summed E-state index contributed by atoms with van der Waals surface area (Å²) in [4.78, 5) is 1.93. The standard InChI is InChI=1S/C9H17N3O/c1-12(2)9(11)5-4-8(13-3)7(10)6-9/h4-5H,6,10-11H2,1-3H3. The molecule has 0 radical (unpaired) electrons. The van der Waals surface area contributed by atoms with E-state index < -0.39 is 5.66 Å². The molecule has 0 saturated heterocycles. The number of hydrogen-bond acceptors (Lipinski definition) is 4. The van der Waals surface area contributed by atoms with Crippen molar-refractivity contribution in [3.63, 3.8) is 0 Å². The second-order valence-electron chi connectivity index (χ2n) is 3.49. The molecule has 1 aliphatic carbocycles. The highest BCUT2D eigenvalue weighted by atomic mass is 16.5. The van der Waals surface area contributed by atoms with E-state index in [9.17, 15) is 0 Å². The Morgan fingerprint density at radius 3 is 2.54 bits per heavy atom. The van der Waals surface area contributed by atoms with Gasteiger partial charge in [0.2, 0.25) is 0 Å². The van der Waals surface area contributed by atoms with E-state index in [4.69, 9.17) is 16.2 Å². The zero-order chi connectivity index (χ0) is 10.1. The number of nitrogens with two attached hydrogens (primary N) is 2. The van der Waals surface area contributed by atoms with E-state index in [-0.39, 0.29) is 0 Å². The van der Waals surface area contributed by atoms with E-state index in [0.29, 0.717) is 17.9 Å². The van der Waals surface area contributed by atoms with Gasteiger partial charge in [-0.3, -0.25) is 4.90 Å². The number of hydrogen-bond donors (Lipinski definition) is 2. The van der Waals surface area contributed by atoms with Crippen LogP contribution in [-0.2, 0) is 4.74 Å². The van der Waals surface area contributed by atoms with Crippen LogP contribution < -0.4 is 11.5 Å². The molecule has 1 atom stereocenters. The number of allylic oxidation sites excluding steroid dienone is 1. The number of ether oxygens (including phenoxy) is 1. The molecular formula is C9H17N3O. The first-order chi connectivity index (χ1) is 5.99. The van der Waals surface area contributed by atoms with Gasteiger partial charge in [0, 0.05) is 6.42 Å². The smallest absolute Gasteiger partial charge is 0.137 e. The zero-order valence-electron chi connectivity index (χ0n) is 8.37. The number of methoxy groups -OCH3 is 1. The lowest BCUT2D eigenvalue weighted by molar-refractivity contribution is 0.201. The average molecular weight is 183 g/mol. The molecule has 0 spiro atoms. The number of likely N-dealkylation sites (N-methyl/N-ethyl adjacent to an activating group) is 1. The van der Waals surface area contributed by atoms with Crippen molar-refractivity contribution in [2.45, 2.75) is 12.1 Å². The van der Waals surface area contributed by atoms with Gasteiger partial charge in [-0.25, -0.2) is 0 Å². The third-order valence-corrected chi connectivity index (χ3v) is 2.37. The third-order valence-electron chi connectivity index (χ3n) is 2.37. The minimum atomic E-state index is -0.480. The molecule has 74 valence electrons. The van der Waals surface area contributed by atoms with Crippen LogP contribution in [0.1, 0.15) is 6.42 Å². The second-order valence-corrected chi connectivity index (χ2v) is 3.49. The Labute approximate surface area is 78.8 Å². The second kappa shape index (κ2) is 3.40.